The minimum absolute atomic E-state index is 0.642. The predicted molar refractivity (Wildman–Crippen MR) is 93.6 cm³/mol. The van der Waals surface area contributed by atoms with Gasteiger partial charge in [-0.2, -0.15) is 0 Å². The summed E-state index contributed by atoms with van der Waals surface area (Å²) in [5.41, 5.74) is 4.41. The Morgan fingerprint density at radius 1 is 0.917 bits per heavy atom. The number of aryl methyl sites for hydroxylation is 2. The molecule has 120 valence electrons. The molecular formula is C19H17N3O2. The third kappa shape index (κ3) is 2.25. The van der Waals surface area contributed by atoms with E-state index in [9.17, 15) is 0 Å². The second-order valence-electron chi connectivity index (χ2n) is 5.75. The molecule has 0 unspecified atom stereocenters. The van der Waals surface area contributed by atoms with Gasteiger partial charge >= 0.3 is 0 Å². The first-order valence-electron chi connectivity index (χ1n) is 7.73. The molecule has 0 bridgehead atoms. The summed E-state index contributed by atoms with van der Waals surface area (Å²) in [4.78, 5) is 2.01. The van der Waals surface area contributed by atoms with Crippen LogP contribution in [0.1, 0.15) is 11.3 Å². The molecule has 1 aliphatic heterocycles. The quantitative estimate of drug-likeness (QED) is 0.448. The van der Waals surface area contributed by atoms with E-state index in [1.54, 1.807) is 7.11 Å². The maximum Gasteiger partial charge on any atom is 0.232 e. The first kappa shape index (κ1) is 14.5. The fraction of sp³-hybridized carbons (Fsp3) is 0.158. The van der Waals surface area contributed by atoms with E-state index in [-0.39, 0.29) is 0 Å². The fourth-order valence-electron chi connectivity index (χ4n) is 2.89. The Bertz CT molecular complexity index is 944. The maximum atomic E-state index is 5.96. The number of methoxy groups -OCH3 is 1. The Balaban J connectivity index is 2.02. The van der Waals surface area contributed by atoms with E-state index in [2.05, 4.69) is 16.3 Å². The van der Waals surface area contributed by atoms with Crippen LogP contribution >= 0.6 is 0 Å². The van der Waals surface area contributed by atoms with Gasteiger partial charge < -0.3 is 9.15 Å². The smallest absolute Gasteiger partial charge is 0.232 e. The molecule has 5 nitrogen and oxygen atoms in total. The molecule has 0 N–H and O–H groups in total. The highest BCUT2D eigenvalue weighted by molar-refractivity contribution is 5.88. The van der Waals surface area contributed by atoms with Crippen molar-refractivity contribution in [2.75, 3.05) is 12.0 Å². The summed E-state index contributed by atoms with van der Waals surface area (Å²) in [5.74, 6) is 2.18. The number of azo groups is 1. The summed E-state index contributed by atoms with van der Waals surface area (Å²) in [6.45, 7) is 3.94. The number of rotatable bonds is 2. The van der Waals surface area contributed by atoms with E-state index in [1.165, 1.54) is 0 Å². The van der Waals surface area contributed by atoms with E-state index in [4.69, 9.17) is 9.15 Å². The fourth-order valence-corrected chi connectivity index (χ4v) is 2.89. The molecule has 0 saturated carbocycles. The van der Waals surface area contributed by atoms with Crippen LogP contribution in [0.3, 0.4) is 0 Å². The number of para-hydroxylation sites is 2. The lowest BCUT2D eigenvalue weighted by Crippen LogP contribution is -2.10. The molecule has 0 radical (unpaired) electrons. The Hall–Kier alpha value is -3.08. The van der Waals surface area contributed by atoms with Crippen molar-refractivity contribution in [3.05, 3.63) is 59.9 Å². The van der Waals surface area contributed by atoms with Crippen molar-refractivity contribution in [2.24, 2.45) is 10.2 Å². The second-order valence-corrected chi connectivity index (χ2v) is 5.75. The number of benzene rings is 2. The highest BCUT2D eigenvalue weighted by Crippen LogP contribution is 2.50. The van der Waals surface area contributed by atoms with Crippen LogP contribution in [0.15, 0.2) is 63.2 Å². The molecule has 1 aliphatic rings. The molecule has 0 amide bonds. The summed E-state index contributed by atoms with van der Waals surface area (Å²) in [6.07, 6.45) is 0. The van der Waals surface area contributed by atoms with E-state index < -0.39 is 0 Å². The second kappa shape index (κ2) is 5.53. The first-order chi connectivity index (χ1) is 11.7. The van der Waals surface area contributed by atoms with Crippen molar-refractivity contribution in [1.82, 2.24) is 0 Å². The number of nitrogens with zero attached hydrogens (tertiary/aromatic N) is 3. The van der Waals surface area contributed by atoms with Crippen LogP contribution in [0, 0.1) is 13.8 Å². The van der Waals surface area contributed by atoms with Gasteiger partial charge in [0, 0.05) is 6.07 Å². The van der Waals surface area contributed by atoms with Crippen molar-refractivity contribution >= 4 is 28.6 Å². The number of furan rings is 1. The molecule has 0 fully saturated rings. The van der Waals surface area contributed by atoms with E-state index in [0.29, 0.717) is 11.6 Å². The van der Waals surface area contributed by atoms with E-state index in [0.717, 1.165) is 34.1 Å². The molecule has 3 aromatic rings. The minimum Gasteiger partial charge on any atom is -0.495 e. The molecule has 2 aromatic carbocycles. The van der Waals surface area contributed by atoms with Gasteiger partial charge in [0.2, 0.25) is 5.88 Å². The third-order valence-corrected chi connectivity index (χ3v) is 3.98. The molecule has 0 aliphatic carbocycles. The average molecular weight is 319 g/mol. The summed E-state index contributed by atoms with van der Waals surface area (Å²) >= 11 is 0. The van der Waals surface area contributed by atoms with Crippen molar-refractivity contribution in [3.8, 4) is 5.75 Å². The largest absolute Gasteiger partial charge is 0.495 e. The Labute approximate surface area is 140 Å². The molecular weight excluding hydrogens is 302 g/mol. The van der Waals surface area contributed by atoms with E-state index >= 15 is 0 Å². The summed E-state index contributed by atoms with van der Waals surface area (Å²) in [5, 5.41) is 8.79. The van der Waals surface area contributed by atoms with Crippen molar-refractivity contribution in [2.45, 2.75) is 13.8 Å². The number of hydrogen-bond acceptors (Lipinski definition) is 5. The Kier molecular flexibility index (Phi) is 3.34. The van der Waals surface area contributed by atoms with Gasteiger partial charge in [-0.1, -0.05) is 18.2 Å². The molecule has 0 spiro atoms. The Morgan fingerprint density at radius 2 is 1.71 bits per heavy atom. The van der Waals surface area contributed by atoms with Crippen LogP contribution in [0.2, 0.25) is 0 Å². The minimum atomic E-state index is 0.642. The van der Waals surface area contributed by atoms with Gasteiger partial charge in [-0.25, -0.2) is 0 Å². The topological polar surface area (TPSA) is 50.3 Å². The molecule has 0 atom stereocenters. The third-order valence-electron chi connectivity index (χ3n) is 3.98. The lowest BCUT2D eigenvalue weighted by molar-refractivity contribution is 0.415. The zero-order chi connectivity index (χ0) is 16.7. The monoisotopic (exact) mass is 319 g/mol. The standard InChI is InChI=1S/C19H17N3O2/c1-12-8-9-16-14(10-12)20-21-15-11-13(2)24-19(15)22(16)17-6-4-5-7-18(17)23-3/h4-11H,1-3H3. The zero-order valence-corrected chi connectivity index (χ0v) is 13.8. The number of hydrogen-bond donors (Lipinski definition) is 0. The van der Waals surface area contributed by atoms with Gasteiger partial charge in [-0.3, -0.25) is 4.90 Å². The summed E-state index contributed by atoms with van der Waals surface area (Å²) in [7, 11) is 1.66. The summed E-state index contributed by atoms with van der Waals surface area (Å²) < 4.78 is 11.5. The van der Waals surface area contributed by atoms with Crippen molar-refractivity contribution < 1.29 is 9.15 Å². The molecule has 5 heteroatoms. The maximum absolute atomic E-state index is 5.96. The van der Waals surface area contributed by atoms with Crippen LogP contribution in [-0.4, -0.2) is 7.11 Å². The van der Waals surface area contributed by atoms with Gasteiger partial charge in [0.25, 0.3) is 0 Å². The lowest BCUT2D eigenvalue weighted by atomic mass is 10.1. The van der Waals surface area contributed by atoms with Gasteiger partial charge in [0.05, 0.1) is 18.5 Å². The SMILES string of the molecule is COc1ccccc1N1c2ccc(C)cc2N=Nc2cc(C)oc21. The lowest BCUT2D eigenvalue weighted by Gasteiger charge is -2.24. The average Bonchev–Trinajstić information content (AvgIpc) is 2.89. The molecule has 2 heterocycles. The van der Waals surface area contributed by atoms with Crippen LogP contribution in [0.5, 0.6) is 5.75 Å². The van der Waals surface area contributed by atoms with Crippen LogP contribution in [-0.2, 0) is 0 Å². The van der Waals surface area contributed by atoms with Crippen LogP contribution in [0.25, 0.3) is 0 Å². The molecule has 1 aromatic heterocycles. The zero-order valence-electron chi connectivity index (χ0n) is 13.8. The number of fused-ring (bicyclic) bond motifs is 2. The van der Waals surface area contributed by atoms with Gasteiger partial charge in [-0.15, -0.1) is 10.2 Å². The highest BCUT2D eigenvalue weighted by Gasteiger charge is 2.27. The highest BCUT2D eigenvalue weighted by atomic mass is 16.5. The molecule has 4 rings (SSSR count). The first-order valence-corrected chi connectivity index (χ1v) is 7.73. The molecule has 24 heavy (non-hydrogen) atoms. The molecule has 0 saturated heterocycles. The number of ether oxygens (including phenoxy) is 1. The van der Waals surface area contributed by atoms with Crippen LogP contribution in [0.4, 0.5) is 28.6 Å². The predicted octanol–water partition coefficient (Wildman–Crippen LogP) is 6.10. The van der Waals surface area contributed by atoms with Gasteiger partial charge in [0.1, 0.15) is 22.9 Å². The van der Waals surface area contributed by atoms with Gasteiger partial charge in [-0.05, 0) is 43.7 Å². The van der Waals surface area contributed by atoms with Gasteiger partial charge in [0.15, 0.2) is 0 Å². The van der Waals surface area contributed by atoms with Crippen molar-refractivity contribution in [3.63, 3.8) is 0 Å². The Morgan fingerprint density at radius 3 is 2.54 bits per heavy atom. The van der Waals surface area contributed by atoms with E-state index in [1.807, 2.05) is 61.2 Å². The summed E-state index contributed by atoms with van der Waals surface area (Å²) in [6, 6.07) is 15.8. The van der Waals surface area contributed by atoms with Crippen LogP contribution < -0.4 is 9.64 Å². The normalized spacial score (nSPS) is 12.5. The number of anilines is 3. The van der Waals surface area contributed by atoms with Crippen molar-refractivity contribution in [1.29, 1.82) is 0 Å².